The van der Waals surface area contributed by atoms with Crippen LogP contribution in [0.15, 0.2) is 18.2 Å². The van der Waals surface area contributed by atoms with E-state index in [4.69, 9.17) is 5.26 Å². The van der Waals surface area contributed by atoms with Gasteiger partial charge in [-0.05, 0) is 31.5 Å². The Kier molecular flexibility index (Phi) is 6.08. The lowest BCUT2D eigenvalue weighted by atomic mass is 9.99. The summed E-state index contributed by atoms with van der Waals surface area (Å²) in [7, 11) is 1.71. The third-order valence-electron chi connectivity index (χ3n) is 6.51. The number of anilines is 1. The van der Waals surface area contributed by atoms with E-state index in [1.807, 2.05) is 13.8 Å². The topological polar surface area (TPSA) is 114 Å². The third-order valence-corrected chi connectivity index (χ3v) is 6.51. The number of aromatic nitrogens is 2. The van der Waals surface area contributed by atoms with Crippen LogP contribution in [-0.2, 0) is 19.5 Å². The fourth-order valence-corrected chi connectivity index (χ4v) is 4.59. The summed E-state index contributed by atoms with van der Waals surface area (Å²) in [6, 6.07) is 5.00. The van der Waals surface area contributed by atoms with Crippen molar-refractivity contribution in [3.05, 3.63) is 46.5 Å². The van der Waals surface area contributed by atoms with Gasteiger partial charge in [0.15, 0.2) is 0 Å². The third kappa shape index (κ3) is 4.16. The number of fused-ring (bicyclic) bond motifs is 3. The fraction of sp³-hybridized carbons (Fsp3) is 0.478. The molecule has 0 unspecified atom stereocenters. The molecule has 4 rings (SSSR count). The Morgan fingerprint density at radius 1 is 1.42 bits per heavy atom. The van der Waals surface area contributed by atoms with Crippen molar-refractivity contribution in [1.29, 1.82) is 5.26 Å². The zero-order chi connectivity index (χ0) is 23.9. The second-order valence-corrected chi connectivity index (χ2v) is 8.79. The molecule has 0 radical (unpaired) electrons. The molecule has 33 heavy (non-hydrogen) atoms. The molecule has 9 nitrogen and oxygen atoms in total. The molecule has 2 aliphatic rings. The first kappa shape index (κ1) is 22.7. The number of amides is 3. The Bertz CT molecular complexity index is 1140. The summed E-state index contributed by atoms with van der Waals surface area (Å²) in [6.45, 7) is 4.87. The number of carbonyl (C=O) groups is 2. The number of aliphatic hydroxyl groups is 1. The van der Waals surface area contributed by atoms with E-state index in [1.165, 1.54) is 12.1 Å². The number of nitrogens with zero attached hydrogens (tertiary/aromatic N) is 5. The highest BCUT2D eigenvalue weighted by Crippen LogP contribution is 2.30. The smallest absolute Gasteiger partial charge is 0.322 e. The van der Waals surface area contributed by atoms with Crippen molar-refractivity contribution in [2.45, 2.75) is 51.9 Å². The van der Waals surface area contributed by atoms with Crippen molar-refractivity contribution in [3.8, 4) is 6.07 Å². The minimum Gasteiger partial charge on any atom is -0.393 e. The molecule has 3 atom stereocenters. The fourth-order valence-electron chi connectivity index (χ4n) is 4.59. The van der Waals surface area contributed by atoms with Gasteiger partial charge in [-0.3, -0.25) is 9.48 Å². The van der Waals surface area contributed by atoms with E-state index in [0.717, 1.165) is 11.8 Å². The highest BCUT2D eigenvalue weighted by molar-refractivity contribution is 5.95. The van der Waals surface area contributed by atoms with E-state index < -0.39 is 18.0 Å². The largest absolute Gasteiger partial charge is 0.393 e. The average molecular weight is 455 g/mol. The van der Waals surface area contributed by atoms with Crippen LogP contribution in [0.4, 0.5) is 14.9 Å². The first-order valence-electron chi connectivity index (χ1n) is 11.0. The molecule has 0 spiro atoms. The number of nitrogens with one attached hydrogen (secondary N) is 1. The number of urea groups is 1. The second-order valence-electron chi connectivity index (χ2n) is 8.79. The van der Waals surface area contributed by atoms with E-state index in [0.29, 0.717) is 42.9 Å². The summed E-state index contributed by atoms with van der Waals surface area (Å²) in [5.41, 5.74) is 2.11. The van der Waals surface area contributed by atoms with Crippen LogP contribution in [0.25, 0.3) is 0 Å². The molecule has 1 aromatic heterocycles. The first-order chi connectivity index (χ1) is 15.7. The molecule has 174 valence electrons. The van der Waals surface area contributed by atoms with Gasteiger partial charge in [-0.1, -0.05) is 6.92 Å². The molecule has 10 heteroatoms. The second kappa shape index (κ2) is 8.83. The average Bonchev–Trinajstić information content (AvgIpc) is 3.08. The highest BCUT2D eigenvalue weighted by atomic mass is 19.1. The van der Waals surface area contributed by atoms with Crippen molar-refractivity contribution >= 4 is 17.6 Å². The van der Waals surface area contributed by atoms with Crippen LogP contribution in [0, 0.1) is 23.1 Å². The Balaban J connectivity index is 1.61. The maximum Gasteiger partial charge on any atom is 0.322 e. The van der Waals surface area contributed by atoms with Crippen LogP contribution in [0.1, 0.15) is 47.6 Å². The molecule has 2 aliphatic heterocycles. The number of hydrogen-bond acceptors (Lipinski definition) is 5. The molecule has 3 heterocycles. The summed E-state index contributed by atoms with van der Waals surface area (Å²) in [4.78, 5) is 29.4. The number of benzene rings is 1. The van der Waals surface area contributed by atoms with Gasteiger partial charge in [-0.15, -0.1) is 0 Å². The molecule has 0 saturated carbocycles. The number of aliphatic hydroxyl groups excluding tert-OH is 1. The van der Waals surface area contributed by atoms with Crippen LogP contribution in [0.5, 0.6) is 0 Å². The van der Waals surface area contributed by atoms with Crippen LogP contribution >= 0.6 is 0 Å². The van der Waals surface area contributed by atoms with Gasteiger partial charge in [0, 0.05) is 49.8 Å². The lowest BCUT2D eigenvalue weighted by Gasteiger charge is -2.33. The monoisotopic (exact) mass is 454 g/mol. The van der Waals surface area contributed by atoms with Crippen molar-refractivity contribution in [1.82, 2.24) is 19.6 Å². The Hall–Kier alpha value is -3.45. The van der Waals surface area contributed by atoms with Crippen LogP contribution in [0.2, 0.25) is 0 Å². The Morgan fingerprint density at radius 2 is 2.18 bits per heavy atom. The molecule has 0 aliphatic carbocycles. The SMILES string of the molecule is CC[C@H](O)[C@H]1CN(C)C(=O)c2c3c(nn2C1)C[C@@H](C)N(C(=O)Nc1ccc(F)c(C#N)c1)C3. The van der Waals surface area contributed by atoms with Gasteiger partial charge < -0.3 is 20.2 Å². The molecule has 0 bridgehead atoms. The molecule has 3 amide bonds. The quantitative estimate of drug-likeness (QED) is 0.739. The molecule has 1 aromatic carbocycles. The van der Waals surface area contributed by atoms with Gasteiger partial charge in [-0.25, -0.2) is 9.18 Å². The summed E-state index contributed by atoms with van der Waals surface area (Å²) in [5, 5.41) is 26.8. The van der Waals surface area contributed by atoms with Crippen molar-refractivity contribution in [2.24, 2.45) is 5.92 Å². The van der Waals surface area contributed by atoms with Crippen LogP contribution in [-0.4, -0.2) is 62.4 Å². The van der Waals surface area contributed by atoms with Gasteiger partial charge in [0.1, 0.15) is 17.6 Å². The zero-order valence-electron chi connectivity index (χ0n) is 18.9. The number of rotatable bonds is 3. The van der Waals surface area contributed by atoms with Gasteiger partial charge >= 0.3 is 6.03 Å². The minimum absolute atomic E-state index is 0.129. The zero-order valence-corrected chi connectivity index (χ0v) is 18.9. The Labute approximate surface area is 191 Å². The van der Waals surface area contributed by atoms with E-state index in [1.54, 1.807) is 27.6 Å². The lowest BCUT2D eigenvalue weighted by Crippen LogP contribution is -2.45. The predicted molar refractivity (Wildman–Crippen MR) is 118 cm³/mol. The van der Waals surface area contributed by atoms with Crippen LogP contribution in [0.3, 0.4) is 0 Å². The van der Waals surface area contributed by atoms with E-state index >= 15 is 0 Å². The molecule has 0 saturated heterocycles. The van der Waals surface area contributed by atoms with Crippen molar-refractivity contribution < 1.29 is 19.1 Å². The number of hydrogen-bond donors (Lipinski definition) is 2. The van der Waals surface area contributed by atoms with Gasteiger partial charge in [0.05, 0.1) is 23.9 Å². The van der Waals surface area contributed by atoms with Crippen molar-refractivity contribution in [2.75, 3.05) is 18.9 Å². The molecule has 2 aromatic rings. The van der Waals surface area contributed by atoms with E-state index in [9.17, 15) is 19.1 Å². The molecule has 2 N–H and O–H groups in total. The number of halogens is 1. The van der Waals surface area contributed by atoms with Crippen LogP contribution < -0.4 is 5.32 Å². The number of nitriles is 1. The summed E-state index contributed by atoms with van der Waals surface area (Å²) >= 11 is 0. The summed E-state index contributed by atoms with van der Waals surface area (Å²) in [5.74, 6) is -0.957. The summed E-state index contributed by atoms with van der Waals surface area (Å²) < 4.78 is 15.3. The standard InChI is InChI=1S/C23H27FN6O3/c1-4-20(31)15-10-28(3)22(32)21-17-12-29(13(2)7-19(17)27-30(21)11-15)23(33)26-16-5-6-18(24)14(8-16)9-25/h5-6,8,13,15,20,31H,4,7,10-12H2,1-3H3,(H,26,33)/t13-,15+,20+/m1/s1. The predicted octanol–water partition coefficient (Wildman–Crippen LogP) is 2.35. The maximum absolute atomic E-state index is 13.6. The van der Waals surface area contributed by atoms with Crippen molar-refractivity contribution in [3.63, 3.8) is 0 Å². The normalized spacial score (nSPS) is 21.0. The maximum atomic E-state index is 13.6. The first-order valence-corrected chi connectivity index (χ1v) is 11.0. The summed E-state index contributed by atoms with van der Waals surface area (Å²) in [6.07, 6.45) is 0.529. The highest BCUT2D eigenvalue weighted by Gasteiger charge is 2.38. The molecule has 0 fully saturated rings. The van der Waals surface area contributed by atoms with E-state index in [2.05, 4.69) is 10.4 Å². The van der Waals surface area contributed by atoms with Gasteiger partial charge in [0.2, 0.25) is 0 Å². The van der Waals surface area contributed by atoms with Gasteiger partial charge in [-0.2, -0.15) is 10.4 Å². The molecular weight excluding hydrogens is 427 g/mol. The molecular formula is C23H27FN6O3. The number of carbonyl (C=O) groups excluding carboxylic acids is 2. The van der Waals surface area contributed by atoms with E-state index in [-0.39, 0.29) is 30.0 Å². The van der Waals surface area contributed by atoms with Gasteiger partial charge in [0.25, 0.3) is 5.91 Å². The minimum atomic E-state index is -0.650. The lowest BCUT2D eigenvalue weighted by molar-refractivity contribution is 0.0625. The Morgan fingerprint density at radius 3 is 2.88 bits per heavy atom.